The predicted octanol–water partition coefficient (Wildman–Crippen LogP) is 2.15. The van der Waals surface area contributed by atoms with Gasteiger partial charge < -0.3 is 15.8 Å². The Morgan fingerprint density at radius 1 is 1.42 bits per heavy atom. The first kappa shape index (κ1) is 15.3. The van der Waals surface area contributed by atoms with Gasteiger partial charge in [0.05, 0.1) is 6.54 Å². The Balaban J connectivity index is 2.35. The van der Waals surface area contributed by atoms with Crippen LogP contribution >= 0.6 is 0 Å². The van der Waals surface area contributed by atoms with Gasteiger partial charge in [0.15, 0.2) is 5.96 Å². The number of nitrogens with zero attached hydrogens (tertiary/aromatic N) is 1. The molecule has 0 bridgehead atoms. The van der Waals surface area contributed by atoms with Crippen LogP contribution in [0.25, 0.3) is 0 Å². The first-order chi connectivity index (χ1) is 8.97. The van der Waals surface area contributed by atoms with Crippen LogP contribution in [-0.4, -0.2) is 25.2 Å². The highest BCUT2D eigenvalue weighted by Crippen LogP contribution is 2.13. The summed E-state index contributed by atoms with van der Waals surface area (Å²) in [5.41, 5.74) is 5.71. The number of hydrogen-bond donors (Lipinski definition) is 2. The van der Waals surface area contributed by atoms with Gasteiger partial charge in [0.2, 0.25) is 0 Å². The molecule has 0 fully saturated rings. The maximum atomic E-state index is 13.0. The Labute approximate surface area is 113 Å². The zero-order valence-electron chi connectivity index (χ0n) is 11.7. The summed E-state index contributed by atoms with van der Waals surface area (Å²) in [7, 11) is 0. The van der Waals surface area contributed by atoms with Crippen LogP contribution < -0.4 is 15.8 Å². The highest BCUT2D eigenvalue weighted by atomic mass is 19.1. The van der Waals surface area contributed by atoms with Crippen molar-refractivity contribution < 1.29 is 9.13 Å². The molecule has 1 aromatic rings. The topological polar surface area (TPSA) is 59.6 Å². The van der Waals surface area contributed by atoms with E-state index in [0.29, 0.717) is 30.7 Å². The van der Waals surface area contributed by atoms with E-state index in [-0.39, 0.29) is 11.9 Å². The third-order valence-electron chi connectivity index (χ3n) is 2.33. The van der Waals surface area contributed by atoms with Gasteiger partial charge in [-0.2, -0.15) is 0 Å². The molecule has 0 saturated carbocycles. The number of guanidine groups is 1. The summed E-state index contributed by atoms with van der Waals surface area (Å²) in [4.78, 5) is 4.18. The smallest absolute Gasteiger partial charge is 0.188 e. The first-order valence-corrected chi connectivity index (χ1v) is 6.43. The number of nitrogens with one attached hydrogen (secondary N) is 1. The van der Waals surface area contributed by atoms with Crippen molar-refractivity contribution in [3.8, 4) is 5.75 Å². The van der Waals surface area contributed by atoms with Gasteiger partial charge in [-0.25, -0.2) is 4.39 Å². The third-order valence-corrected chi connectivity index (χ3v) is 2.33. The molecular formula is C14H22FN3O. The van der Waals surface area contributed by atoms with Gasteiger partial charge >= 0.3 is 0 Å². The van der Waals surface area contributed by atoms with Crippen molar-refractivity contribution in [1.29, 1.82) is 0 Å². The largest absolute Gasteiger partial charge is 0.489 e. The van der Waals surface area contributed by atoms with Gasteiger partial charge in [-0.1, -0.05) is 19.9 Å². The molecule has 4 nitrogen and oxygen atoms in total. The number of hydrogen-bond acceptors (Lipinski definition) is 2. The Bertz CT molecular complexity index is 421. The molecule has 0 aliphatic carbocycles. The van der Waals surface area contributed by atoms with Crippen LogP contribution in [0.1, 0.15) is 20.8 Å². The predicted molar refractivity (Wildman–Crippen MR) is 75.8 cm³/mol. The monoisotopic (exact) mass is 267 g/mol. The number of nitrogens with two attached hydrogens (primary N) is 1. The van der Waals surface area contributed by atoms with E-state index in [1.807, 2.05) is 6.92 Å². The molecule has 106 valence electrons. The molecule has 19 heavy (non-hydrogen) atoms. The second kappa shape index (κ2) is 7.61. The normalized spacial score (nSPS) is 13.4. The van der Waals surface area contributed by atoms with E-state index in [0.717, 1.165) is 0 Å². The van der Waals surface area contributed by atoms with Gasteiger partial charge in [0.25, 0.3) is 0 Å². The van der Waals surface area contributed by atoms with Crippen molar-refractivity contribution in [1.82, 2.24) is 5.32 Å². The quantitative estimate of drug-likeness (QED) is 0.613. The fourth-order valence-electron chi connectivity index (χ4n) is 1.40. The maximum Gasteiger partial charge on any atom is 0.188 e. The van der Waals surface area contributed by atoms with Crippen LogP contribution in [0.2, 0.25) is 0 Å². The lowest BCUT2D eigenvalue weighted by Crippen LogP contribution is -2.38. The van der Waals surface area contributed by atoms with Crippen LogP contribution in [-0.2, 0) is 0 Å². The van der Waals surface area contributed by atoms with E-state index in [1.165, 1.54) is 12.1 Å². The van der Waals surface area contributed by atoms with E-state index in [9.17, 15) is 4.39 Å². The summed E-state index contributed by atoms with van der Waals surface area (Å²) in [6.45, 7) is 7.24. The molecule has 0 aromatic heterocycles. The summed E-state index contributed by atoms with van der Waals surface area (Å²) >= 11 is 0. The zero-order chi connectivity index (χ0) is 14.3. The van der Waals surface area contributed by atoms with Crippen LogP contribution in [0.5, 0.6) is 5.75 Å². The SMILES string of the molecule is CC(C)CN=C(N)NCC(C)Oc1cccc(F)c1. The summed E-state index contributed by atoms with van der Waals surface area (Å²) in [6.07, 6.45) is -0.130. The Kier molecular flexibility index (Phi) is 6.12. The highest BCUT2D eigenvalue weighted by molar-refractivity contribution is 5.77. The van der Waals surface area contributed by atoms with Crippen molar-refractivity contribution in [2.45, 2.75) is 26.9 Å². The van der Waals surface area contributed by atoms with Crippen LogP contribution in [0.3, 0.4) is 0 Å². The highest BCUT2D eigenvalue weighted by Gasteiger charge is 2.05. The van der Waals surface area contributed by atoms with Crippen molar-refractivity contribution in [2.24, 2.45) is 16.6 Å². The van der Waals surface area contributed by atoms with Gasteiger partial charge in [-0.3, -0.25) is 4.99 Å². The minimum Gasteiger partial charge on any atom is -0.489 e. The molecule has 0 heterocycles. The van der Waals surface area contributed by atoms with Crippen molar-refractivity contribution in [2.75, 3.05) is 13.1 Å². The second-order valence-electron chi connectivity index (χ2n) is 4.89. The number of rotatable bonds is 6. The Hall–Kier alpha value is -1.78. The van der Waals surface area contributed by atoms with E-state index >= 15 is 0 Å². The number of halogens is 1. The minimum absolute atomic E-state index is 0.130. The molecule has 1 aromatic carbocycles. The number of benzene rings is 1. The first-order valence-electron chi connectivity index (χ1n) is 6.43. The lowest BCUT2D eigenvalue weighted by molar-refractivity contribution is 0.223. The van der Waals surface area contributed by atoms with Crippen LogP contribution in [0, 0.1) is 11.7 Å². The van der Waals surface area contributed by atoms with Crippen molar-refractivity contribution >= 4 is 5.96 Å². The summed E-state index contributed by atoms with van der Waals surface area (Å²) < 4.78 is 18.5. The zero-order valence-corrected chi connectivity index (χ0v) is 11.7. The standard InChI is InChI=1S/C14H22FN3O/c1-10(2)8-17-14(16)18-9-11(3)19-13-6-4-5-12(15)7-13/h4-7,10-11H,8-9H2,1-3H3,(H3,16,17,18). The molecule has 0 amide bonds. The van der Waals surface area contributed by atoms with Crippen molar-refractivity contribution in [3.63, 3.8) is 0 Å². The lowest BCUT2D eigenvalue weighted by atomic mass is 10.2. The second-order valence-corrected chi connectivity index (χ2v) is 4.89. The maximum absolute atomic E-state index is 13.0. The summed E-state index contributed by atoms with van der Waals surface area (Å²) in [5.74, 6) is 1.08. The fraction of sp³-hybridized carbons (Fsp3) is 0.500. The average molecular weight is 267 g/mol. The lowest BCUT2D eigenvalue weighted by Gasteiger charge is -2.16. The summed E-state index contributed by atoms with van der Waals surface area (Å²) in [5, 5.41) is 2.98. The molecule has 0 radical (unpaired) electrons. The number of ether oxygens (including phenoxy) is 1. The van der Waals surface area contributed by atoms with E-state index < -0.39 is 0 Å². The molecule has 1 atom stereocenters. The summed E-state index contributed by atoms with van der Waals surface area (Å²) in [6, 6.07) is 6.07. The number of aliphatic imine (C=N–C) groups is 1. The molecule has 0 spiro atoms. The molecule has 0 aliphatic heterocycles. The minimum atomic E-state index is -0.310. The molecule has 0 aliphatic rings. The Morgan fingerprint density at radius 3 is 2.79 bits per heavy atom. The molecular weight excluding hydrogens is 245 g/mol. The van der Waals surface area contributed by atoms with Crippen molar-refractivity contribution in [3.05, 3.63) is 30.1 Å². The van der Waals surface area contributed by atoms with E-state index in [4.69, 9.17) is 10.5 Å². The Morgan fingerprint density at radius 2 is 2.16 bits per heavy atom. The molecule has 0 saturated heterocycles. The third kappa shape index (κ3) is 6.64. The van der Waals surface area contributed by atoms with Crippen LogP contribution in [0.4, 0.5) is 4.39 Å². The molecule has 5 heteroatoms. The van der Waals surface area contributed by atoms with Gasteiger partial charge in [0.1, 0.15) is 17.7 Å². The average Bonchev–Trinajstić information content (AvgIpc) is 2.34. The molecule has 1 rings (SSSR count). The molecule has 1 unspecified atom stereocenters. The van der Waals surface area contributed by atoms with Gasteiger partial charge in [0, 0.05) is 12.6 Å². The fourth-order valence-corrected chi connectivity index (χ4v) is 1.40. The van der Waals surface area contributed by atoms with E-state index in [1.54, 1.807) is 12.1 Å². The molecule has 3 N–H and O–H groups in total. The van der Waals surface area contributed by atoms with Gasteiger partial charge in [-0.05, 0) is 25.0 Å². The van der Waals surface area contributed by atoms with Gasteiger partial charge in [-0.15, -0.1) is 0 Å². The van der Waals surface area contributed by atoms with E-state index in [2.05, 4.69) is 24.2 Å². The van der Waals surface area contributed by atoms with Crippen LogP contribution in [0.15, 0.2) is 29.3 Å².